The highest BCUT2D eigenvalue weighted by atomic mass is 32.2. The van der Waals surface area contributed by atoms with Gasteiger partial charge < -0.3 is 9.84 Å². The SMILES string of the molecule is COC(=O)NS(=O)(=O)Nc1ccc(F)c(C(=O)O)c1. The van der Waals surface area contributed by atoms with E-state index in [-0.39, 0.29) is 5.69 Å². The second kappa shape index (κ2) is 5.52. The van der Waals surface area contributed by atoms with Crippen LogP contribution in [0.3, 0.4) is 0 Å². The zero-order chi connectivity index (χ0) is 14.6. The van der Waals surface area contributed by atoms with Crippen molar-refractivity contribution in [3.63, 3.8) is 0 Å². The molecule has 0 bridgehead atoms. The van der Waals surface area contributed by atoms with Crippen molar-refractivity contribution in [2.24, 2.45) is 0 Å². The van der Waals surface area contributed by atoms with Crippen LogP contribution in [0.1, 0.15) is 10.4 Å². The highest BCUT2D eigenvalue weighted by molar-refractivity contribution is 7.91. The van der Waals surface area contributed by atoms with E-state index in [1.807, 2.05) is 4.72 Å². The van der Waals surface area contributed by atoms with E-state index in [9.17, 15) is 22.4 Å². The average molecular weight is 292 g/mol. The van der Waals surface area contributed by atoms with Gasteiger partial charge in [-0.2, -0.15) is 8.42 Å². The Morgan fingerprint density at radius 2 is 2.00 bits per heavy atom. The van der Waals surface area contributed by atoms with E-state index in [4.69, 9.17) is 5.11 Å². The number of carboxylic acids is 1. The van der Waals surface area contributed by atoms with Crippen molar-refractivity contribution in [1.82, 2.24) is 4.72 Å². The number of amides is 1. The standard InChI is InChI=1S/C9H9FN2O6S/c1-18-9(15)12-19(16,17)11-5-2-3-7(10)6(4-5)8(13)14/h2-4,11H,1H3,(H,12,15)(H,13,14). The Hall–Kier alpha value is -2.36. The first-order chi connectivity index (χ1) is 8.75. The summed E-state index contributed by atoms with van der Waals surface area (Å²) < 4.78 is 43.2. The third kappa shape index (κ3) is 4.10. The molecule has 104 valence electrons. The number of benzene rings is 1. The molecule has 0 aliphatic carbocycles. The zero-order valence-corrected chi connectivity index (χ0v) is 10.3. The number of anilines is 1. The van der Waals surface area contributed by atoms with Gasteiger partial charge >= 0.3 is 22.3 Å². The predicted molar refractivity (Wildman–Crippen MR) is 61.4 cm³/mol. The minimum Gasteiger partial charge on any atom is -0.478 e. The molecule has 0 saturated heterocycles. The molecule has 0 fully saturated rings. The lowest BCUT2D eigenvalue weighted by molar-refractivity contribution is 0.0692. The monoisotopic (exact) mass is 292 g/mol. The topological polar surface area (TPSA) is 122 Å². The largest absolute Gasteiger partial charge is 0.478 e. The van der Waals surface area contributed by atoms with Crippen molar-refractivity contribution in [3.8, 4) is 0 Å². The minimum atomic E-state index is -4.29. The van der Waals surface area contributed by atoms with E-state index in [0.29, 0.717) is 0 Å². The Morgan fingerprint density at radius 3 is 2.53 bits per heavy atom. The van der Waals surface area contributed by atoms with E-state index in [1.165, 1.54) is 4.72 Å². The number of carbonyl (C=O) groups excluding carboxylic acids is 1. The van der Waals surface area contributed by atoms with Gasteiger partial charge in [-0.1, -0.05) is 0 Å². The van der Waals surface area contributed by atoms with Crippen molar-refractivity contribution in [2.75, 3.05) is 11.8 Å². The Morgan fingerprint density at radius 1 is 1.37 bits per heavy atom. The van der Waals surface area contributed by atoms with Gasteiger partial charge in [-0.15, -0.1) is 0 Å². The fourth-order valence-corrected chi connectivity index (χ4v) is 1.88. The summed E-state index contributed by atoms with van der Waals surface area (Å²) in [5.41, 5.74) is -0.937. The number of aromatic carboxylic acids is 1. The number of rotatable bonds is 4. The molecule has 0 saturated carbocycles. The number of halogens is 1. The first-order valence-corrected chi connectivity index (χ1v) is 6.15. The van der Waals surface area contributed by atoms with E-state index in [1.54, 1.807) is 0 Å². The lowest BCUT2D eigenvalue weighted by atomic mass is 10.2. The molecular formula is C9H9FN2O6S. The van der Waals surface area contributed by atoms with Gasteiger partial charge in [0.15, 0.2) is 0 Å². The van der Waals surface area contributed by atoms with Gasteiger partial charge in [0.1, 0.15) is 5.82 Å². The maximum Gasteiger partial charge on any atom is 0.422 e. The molecule has 1 amide bonds. The number of carboxylic acid groups (broad SMARTS) is 1. The van der Waals surface area contributed by atoms with Crippen molar-refractivity contribution < 1.29 is 32.2 Å². The highest BCUT2D eigenvalue weighted by Crippen LogP contribution is 2.15. The molecule has 0 radical (unpaired) electrons. The van der Waals surface area contributed by atoms with Crippen LogP contribution in [0.5, 0.6) is 0 Å². The van der Waals surface area contributed by atoms with E-state index in [2.05, 4.69) is 4.74 Å². The molecule has 3 N–H and O–H groups in total. The number of methoxy groups -OCH3 is 1. The molecule has 0 aliphatic rings. The van der Waals surface area contributed by atoms with Crippen LogP contribution in [0.25, 0.3) is 0 Å². The van der Waals surface area contributed by atoms with Crippen molar-refractivity contribution in [1.29, 1.82) is 0 Å². The third-order valence-corrected chi connectivity index (χ3v) is 2.79. The second-order valence-electron chi connectivity index (χ2n) is 3.20. The Kier molecular flexibility index (Phi) is 4.27. The Balaban J connectivity index is 2.97. The molecule has 0 spiro atoms. The van der Waals surface area contributed by atoms with Crippen LogP contribution >= 0.6 is 0 Å². The summed E-state index contributed by atoms with van der Waals surface area (Å²) in [6, 6.07) is 2.55. The van der Waals surface area contributed by atoms with E-state index < -0.39 is 33.7 Å². The molecule has 19 heavy (non-hydrogen) atoms. The van der Waals surface area contributed by atoms with Gasteiger partial charge in [0, 0.05) is 0 Å². The maximum atomic E-state index is 13.1. The first-order valence-electron chi connectivity index (χ1n) is 4.66. The summed E-state index contributed by atoms with van der Waals surface area (Å²) in [7, 11) is -3.33. The van der Waals surface area contributed by atoms with Crippen LogP contribution in [-0.4, -0.2) is 32.7 Å². The van der Waals surface area contributed by atoms with Crippen molar-refractivity contribution in [2.45, 2.75) is 0 Å². The summed E-state index contributed by atoms with van der Waals surface area (Å²) in [4.78, 5) is 21.4. The normalized spacial score (nSPS) is 10.6. The lowest BCUT2D eigenvalue weighted by Gasteiger charge is -2.09. The van der Waals surface area contributed by atoms with E-state index >= 15 is 0 Å². The summed E-state index contributed by atoms with van der Waals surface area (Å²) in [5, 5.41) is 8.66. The van der Waals surface area contributed by atoms with Gasteiger partial charge in [0.05, 0.1) is 18.4 Å². The van der Waals surface area contributed by atoms with Crippen LogP contribution in [-0.2, 0) is 14.9 Å². The second-order valence-corrected chi connectivity index (χ2v) is 4.61. The van der Waals surface area contributed by atoms with Crippen molar-refractivity contribution in [3.05, 3.63) is 29.6 Å². The molecule has 1 aromatic carbocycles. The third-order valence-electron chi connectivity index (χ3n) is 1.85. The summed E-state index contributed by atoms with van der Waals surface area (Å²) in [6.45, 7) is 0. The van der Waals surface area contributed by atoms with Crippen LogP contribution in [0.4, 0.5) is 14.9 Å². The molecule has 0 heterocycles. The molecule has 10 heteroatoms. The molecule has 0 atom stereocenters. The molecule has 8 nitrogen and oxygen atoms in total. The quantitative estimate of drug-likeness (QED) is 0.744. The molecule has 0 aliphatic heterocycles. The van der Waals surface area contributed by atoms with Gasteiger partial charge in [0.2, 0.25) is 0 Å². The van der Waals surface area contributed by atoms with Gasteiger partial charge in [-0.25, -0.2) is 18.7 Å². The maximum absolute atomic E-state index is 13.1. The van der Waals surface area contributed by atoms with Gasteiger partial charge in [-0.3, -0.25) is 4.72 Å². The van der Waals surface area contributed by atoms with Crippen molar-refractivity contribution >= 4 is 28.0 Å². The van der Waals surface area contributed by atoms with Crippen LogP contribution in [0, 0.1) is 5.82 Å². The highest BCUT2D eigenvalue weighted by Gasteiger charge is 2.17. The Bertz CT molecular complexity index is 615. The summed E-state index contributed by atoms with van der Waals surface area (Å²) in [6.07, 6.45) is -1.23. The zero-order valence-electron chi connectivity index (χ0n) is 9.51. The summed E-state index contributed by atoms with van der Waals surface area (Å²) in [5.74, 6) is -2.57. The fourth-order valence-electron chi connectivity index (χ4n) is 1.08. The first kappa shape index (κ1) is 14.7. The molecule has 0 aromatic heterocycles. The smallest absolute Gasteiger partial charge is 0.422 e. The van der Waals surface area contributed by atoms with Gasteiger partial charge in [0.25, 0.3) is 0 Å². The number of hydrogen-bond donors (Lipinski definition) is 3. The van der Waals surface area contributed by atoms with Crippen LogP contribution in [0.15, 0.2) is 18.2 Å². The van der Waals surface area contributed by atoms with Gasteiger partial charge in [-0.05, 0) is 18.2 Å². The number of carbonyl (C=O) groups is 2. The average Bonchev–Trinajstić information content (AvgIpc) is 2.30. The van der Waals surface area contributed by atoms with Crippen LogP contribution in [0.2, 0.25) is 0 Å². The van der Waals surface area contributed by atoms with E-state index in [0.717, 1.165) is 25.3 Å². The minimum absolute atomic E-state index is 0.227. The number of hydrogen-bond acceptors (Lipinski definition) is 5. The molecule has 1 aromatic rings. The van der Waals surface area contributed by atoms with Crippen LogP contribution < -0.4 is 9.44 Å². The molecular weight excluding hydrogens is 283 g/mol. The molecule has 1 rings (SSSR count). The fraction of sp³-hybridized carbons (Fsp3) is 0.111. The molecule has 0 unspecified atom stereocenters. The lowest BCUT2D eigenvalue weighted by Crippen LogP contribution is -2.35. The Labute approximate surface area is 107 Å². The number of ether oxygens (including phenoxy) is 1. The number of nitrogens with one attached hydrogen (secondary N) is 2. The summed E-state index contributed by atoms with van der Waals surface area (Å²) >= 11 is 0. The predicted octanol–water partition coefficient (Wildman–Crippen LogP) is 0.537.